The number of nitrogens with one attached hydrogen (secondary N) is 1. The Balaban J connectivity index is 1.65. The van der Waals surface area contributed by atoms with E-state index in [4.69, 9.17) is 4.42 Å². The van der Waals surface area contributed by atoms with Crippen LogP contribution in [0, 0.1) is 0 Å². The van der Waals surface area contributed by atoms with Gasteiger partial charge < -0.3 is 14.3 Å². The lowest BCUT2D eigenvalue weighted by atomic mass is 10.2. The molecular weight excluding hydrogens is 264 g/mol. The van der Waals surface area contributed by atoms with E-state index in [1.54, 1.807) is 0 Å². The molecule has 1 atom stereocenters. The van der Waals surface area contributed by atoms with Crippen molar-refractivity contribution in [2.75, 3.05) is 0 Å². The second-order valence-electron chi connectivity index (χ2n) is 5.76. The van der Waals surface area contributed by atoms with Crippen LogP contribution in [0.15, 0.2) is 16.5 Å². The zero-order valence-corrected chi connectivity index (χ0v) is 12.9. The van der Waals surface area contributed by atoms with E-state index < -0.39 is 0 Å². The smallest absolute Gasteiger partial charge is 0.149 e. The third kappa shape index (κ3) is 3.18. The lowest BCUT2D eigenvalue weighted by Crippen LogP contribution is -2.22. The van der Waals surface area contributed by atoms with Crippen LogP contribution in [-0.4, -0.2) is 14.8 Å². The Labute approximate surface area is 125 Å². The summed E-state index contributed by atoms with van der Waals surface area (Å²) in [5.74, 6) is 4.21. The summed E-state index contributed by atoms with van der Waals surface area (Å²) in [4.78, 5) is 0. The zero-order chi connectivity index (χ0) is 14.7. The minimum absolute atomic E-state index is 0.180. The van der Waals surface area contributed by atoms with Gasteiger partial charge in [0.2, 0.25) is 0 Å². The van der Waals surface area contributed by atoms with Crippen molar-refractivity contribution < 1.29 is 4.42 Å². The number of aromatic nitrogens is 3. The Bertz CT molecular complexity index is 587. The van der Waals surface area contributed by atoms with Crippen LogP contribution in [-0.2, 0) is 25.9 Å². The summed E-state index contributed by atoms with van der Waals surface area (Å²) in [6.07, 6.45) is 5.73. The second kappa shape index (κ2) is 6.43. The van der Waals surface area contributed by atoms with Crippen LogP contribution in [0.3, 0.4) is 0 Å². The SMILES string of the molecule is CCc1ccc(CNC(C)c2nnc3n2CCCCC3)o1. The van der Waals surface area contributed by atoms with Gasteiger partial charge in [-0.15, -0.1) is 10.2 Å². The summed E-state index contributed by atoms with van der Waals surface area (Å²) in [6, 6.07) is 4.27. The molecule has 0 aromatic carbocycles. The average Bonchev–Trinajstić information content (AvgIpc) is 3.06. The highest BCUT2D eigenvalue weighted by atomic mass is 16.3. The molecular formula is C16H24N4O. The summed E-state index contributed by atoms with van der Waals surface area (Å²) in [6.45, 7) is 6.02. The van der Waals surface area contributed by atoms with Crippen molar-refractivity contribution in [2.24, 2.45) is 0 Å². The van der Waals surface area contributed by atoms with Gasteiger partial charge in [0.25, 0.3) is 0 Å². The second-order valence-corrected chi connectivity index (χ2v) is 5.76. The molecule has 1 aliphatic heterocycles. The van der Waals surface area contributed by atoms with E-state index in [2.05, 4.69) is 33.9 Å². The molecule has 1 N–H and O–H groups in total. The molecule has 3 rings (SSSR count). The molecule has 1 aliphatic rings. The maximum atomic E-state index is 5.73. The third-order valence-corrected chi connectivity index (χ3v) is 4.17. The van der Waals surface area contributed by atoms with Crippen LogP contribution in [0.25, 0.3) is 0 Å². The summed E-state index contributed by atoms with van der Waals surface area (Å²) in [5, 5.41) is 12.2. The maximum Gasteiger partial charge on any atom is 0.149 e. The van der Waals surface area contributed by atoms with Crippen molar-refractivity contribution in [3.63, 3.8) is 0 Å². The Morgan fingerprint density at radius 3 is 2.90 bits per heavy atom. The minimum Gasteiger partial charge on any atom is -0.465 e. The van der Waals surface area contributed by atoms with Gasteiger partial charge >= 0.3 is 0 Å². The van der Waals surface area contributed by atoms with E-state index in [-0.39, 0.29) is 6.04 Å². The third-order valence-electron chi connectivity index (χ3n) is 4.17. The molecule has 5 heteroatoms. The normalized spacial score (nSPS) is 16.5. The molecule has 0 aliphatic carbocycles. The van der Waals surface area contributed by atoms with Crippen molar-refractivity contribution >= 4 is 0 Å². The number of rotatable bonds is 5. The molecule has 0 radical (unpaired) electrons. The van der Waals surface area contributed by atoms with Gasteiger partial charge in [-0.3, -0.25) is 0 Å². The molecule has 3 heterocycles. The van der Waals surface area contributed by atoms with Crippen LogP contribution in [0.5, 0.6) is 0 Å². The Hall–Kier alpha value is -1.62. The van der Waals surface area contributed by atoms with Gasteiger partial charge in [-0.25, -0.2) is 0 Å². The van der Waals surface area contributed by atoms with E-state index in [1.165, 1.54) is 19.3 Å². The number of furan rings is 1. The Kier molecular flexibility index (Phi) is 4.39. The van der Waals surface area contributed by atoms with Crippen molar-refractivity contribution in [1.29, 1.82) is 0 Å². The first-order chi connectivity index (χ1) is 10.3. The van der Waals surface area contributed by atoms with Gasteiger partial charge in [-0.1, -0.05) is 13.3 Å². The number of aryl methyl sites for hydroxylation is 2. The molecule has 2 aromatic rings. The van der Waals surface area contributed by atoms with Crippen LogP contribution >= 0.6 is 0 Å². The van der Waals surface area contributed by atoms with Crippen LogP contribution in [0.4, 0.5) is 0 Å². The minimum atomic E-state index is 0.180. The Morgan fingerprint density at radius 1 is 1.24 bits per heavy atom. The molecule has 0 saturated heterocycles. The zero-order valence-electron chi connectivity index (χ0n) is 12.9. The molecule has 0 fully saturated rings. The van der Waals surface area contributed by atoms with Gasteiger partial charge in [-0.2, -0.15) is 0 Å². The van der Waals surface area contributed by atoms with Crippen molar-refractivity contribution in [3.8, 4) is 0 Å². The summed E-state index contributed by atoms with van der Waals surface area (Å²) >= 11 is 0. The number of hydrogen-bond donors (Lipinski definition) is 1. The molecule has 2 aromatic heterocycles. The first-order valence-electron chi connectivity index (χ1n) is 8.01. The lowest BCUT2D eigenvalue weighted by molar-refractivity contribution is 0.424. The highest BCUT2D eigenvalue weighted by Gasteiger charge is 2.19. The predicted octanol–water partition coefficient (Wildman–Crippen LogP) is 3.01. The molecule has 1 unspecified atom stereocenters. The van der Waals surface area contributed by atoms with Crippen LogP contribution in [0.1, 0.15) is 62.3 Å². The van der Waals surface area contributed by atoms with Gasteiger partial charge in [0.15, 0.2) is 0 Å². The van der Waals surface area contributed by atoms with Gasteiger partial charge in [0.1, 0.15) is 23.2 Å². The standard InChI is InChI=1S/C16H24N4O/c1-3-13-8-9-14(21-13)11-17-12(2)16-19-18-15-7-5-4-6-10-20(15)16/h8-9,12,17H,3-7,10-11H2,1-2H3. The molecule has 0 bridgehead atoms. The average molecular weight is 288 g/mol. The monoisotopic (exact) mass is 288 g/mol. The fourth-order valence-corrected chi connectivity index (χ4v) is 2.88. The molecule has 0 saturated carbocycles. The molecule has 114 valence electrons. The Morgan fingerprint density at radius 2 is 2.10 bits per heavy atom. The van der Waals surface area contributed by atoms with E-state index in [9.17, 15) is 0 Å². The van der Waals surface area contributed by atoms with Crippen molar-refractivity contribution in [2.45, 2.75) is 65.1 Å². The summed E-state index contributed by atoms with van der Waals surface area (Å²) in [7, 11) is 0. The highest BCUT2D eigenvalue weighted by molar-refractivity contribution is 5.08. The van der Waals surface area contributed by atoms with E-state index >= 15 is 0 Å². The van der Waals surface area contributed by atoms with Gasteiger partial charge in [-0.05, 0) is 31.9 Å². The summed E-state index contributed by atoms with van der Waals surface area (Å²) < 4.78 is 8.02. The van der Waals surface area contributed by atoms with E-state index in [1.807, 2.05) is 12.1 Å². The van der Waals surface area contributed by atoms with Crippen LogP contribution in [0.2, 0.25) is 0 Å². The molecule has 5 nitrogen and oxygen atoms in total. The largest absolute Gasteiger partial charge is 0.465 e. The van der Waals surface area contributed by atoms with E-state index in [0.29, 0.717) is 0 Å². The van der Waals surface area contributed by atoms with Gasteiger partial charge in [0.05, 0.1) is 12.6 Å². The quantitative estimate of drug-likeness (QED) is 0.919. The fraction of sp³-hybridized carbons (Fsp3) is 0.625. The van der Waals surface area contributed by atoms with Crippen molar-refractivity contribution in [3.05, 3.63) is 35.3 Å². The number of nitrogens with zero attached hydrogens (tertiary/aromatic N) is 3. The molecule has 0 amide bonds. The molecule has 21 heavy (non-hydrogen) atoms. The predicted molar refractivity (Wildman–Crippen MR) is 80.9 cm³/mol. The number of hydrogen-bond acceptors (Lipinski definition) is 4. The van der Waals surface area contributed by atoms with Crippen molar-refractivity contribution in [1.82, 2.24) is 20.1 Å². The molecule has 0 spiro atoms. The summed E-state index contributed by atoms with van der Waals surface area (Å²) in [5.41, 5.74) is 0. The number of fused-ring (bicyclic) bond motifs is 1. The first kappa shape index (κ1) is 14.3. The highest BCUT2D eigenvalue weighted by Crippen LogP contribution is 2.19. The van der Waals surface area contributed by atoms with Gasteiger partial charge in [0, 0.05) is 19.4 Å². The fourth-order valence-electron chi connectivity index (χ4n) is 2.88. The van der Waals surface area contributed by atoms with E-state index in [0.717, 1.165) is 49.1 Å². The topological polar surface area (TPSA) is 55.9 Å². The van der Waals surface area contributed by atoms with Crippen LogP contribution < -0.4 is 5.32 Å². The first-order valence-corrected chi connectivity index (χ1v) is 8.01. The maximum absolute atomic E-state index is 5.73. The lowest BCUT2D eigenvalue weighted by Gasteiger charge is -2.14.